The first kappa shape index (κ1) is 13.0. The second-order valence-corrected chi connectivity index (χ2v) is 5.78. The minimum atomic E-state index is 0.360. The molecule has 3 rings (SSSR count). The summed E-state index contributed by atoms with van der Waals surface area (Å²) in [5, 5.41) is 1.33. The average Bonchev–Trinajstić information content (AvgIpc) is 2.90. The van der Waals surface area contributed by atoms with Crippen molar-refractivity contribution >= 4 is 10.9 Å². The van der Waals surface area contributed by atoms with Gasteiger partial charge in [-0.05, 0) is 47.6 Å². The van der Waals surface area contributed by atoms with Gasteiger partial charge >= 0.3 is 0 Å². The molecule has 0 saturated heterocycles. The third-order valence-electron chi connectivity index (χ3n) is 4.11. The Hall–Kier alpha value is -2.02. The lowest BCUT2D eigenvalue weighted by Gasteiger charge is -2.16. The Labute approximate surface area is 120 Å². The van der Waals surface area contributed by atoms with Crippen LogP contribution in [0.1, 0.15) is 43.9 Å². The lowest BCUT2D eigenvalue weighted by atomic mass is 10.0. The maximum Gasteiger partial charge on any atom is 0.0557 e. The van der Waals surface area contributed by atoms with Crippen LogP contribution in [0.4, 0.5) is 0 Å². The highest BCUT2D eigenvalue weighted by molar-refractivity contribution is 5.81. The molecule has 0 radical (unpaired) electrons. The van der Waals surface area contributed by atoms with Gasteiger partial charge in [-0.2, -0.15) is 0 Å². The monoisotopic (exact) mass is 263 g/mol. The number of fused-ring (bicyclic) bond motifs is 1. The van der Waals surface area contributed by atoms with E-state index in [0.717, 1.165) is 0 Å². The van der Waals surface area contributed by atoms with E-state index in [9.17, 15) is 0 Å². The van der Waals surface area contributed by atoms with Crippen LogP contribution < -0.4 is 0 Å². The fraction of sp³-hybridized carbons (Fsp3) is 0.263. The van der Waals surface area contributed by atoms with Crippen molar-refractivity contribution in [3.63, 3.8) is 0 Å². The first-order valence-electron chi connectivity index (χ1n) is 7.32. The molecular formula is C19H21N. The zero-order valence-corrected chi connectivity index (χ0v) is 12.4. The molecule has 0 aliphatic carbocycles. The van der Waals surface area contributed by atoms with Gasteiger partial charge in [0, 0.05) is 11.7 Å². The Bertz CT molecular complexity index is 707. The Kier molecular flexibility index (Phi) is 3.35. The molecule has 0 aliphatic rings. The van der Waals surface area contributed by atoms with E-state index >= 15 is 0 Å². The van der Waals surface area contributed by atoms with Crippen LogP contribution in [0.15, 0.2) is 60.8 Å². The molecule has 0 amide bonds. The maximum absolute atomic E-state index is 2.36. The molecule has 3 aromatic rings. The molecule has 0 saturated carbocycles. The Balaban J connectivity index is 2.05. The van der Waals surface area contributed by atoms with E-state index in [0.29, 0.717) is 12.0 Å². The number of benzene rings is 2. The fourth-order valence-corrected chi connectivity index (χ4v) is 2.77. The largest absolute Gasteiger partial charge is 0.340 e. The van der Waals surface area contributed by atoms with Crippen LogP contribution in [0.3, 0.4) is 0 Å². The van der Waals surface area contributed by atoms with Crippen molar-refractivity contribution in [1.29, 1.82) is 0 Å². The van der Waals surface area contributed by atoms with Gasteiger partial charge in [0.2, 0.25) is 0 Å². The van der Waals surface area contributed by atoms with Crippen LogP contribution in [0, 0.1) is 0 Å². The highest BCUT2D eigenvalue weighted by atomic mass is 15.0. The fourth-order valence-electron chi connectivity index (χ4n) is 2.77. The summed E-state index contributed by atoms with van der Waals surface area (Å²) in [4.78, 5) is 0. The van der Waals surface area contributed by atoms with Crippen molar-refractivity contribution < 1.29 is 0 Å². The summed E-state index contributed by atoms with van der Waals surface area (Å²) in [6, 6.07) is 20.1. The van der Waals surface area contributed by atoms with Crippen LogP contribution >= 0.6 is 0 Å². The van der Waals surface area contributed by atoms with Crippen LogP contribution in [-0.2, 0) is 0 Å². The zero-order chi connectivity index (χ0) is 14.1. The van der Waals surface area contributed by atoms with Crippen LogP contribution in [0.5, 0.6) is 0 Å². The number of aromatic nitrogens is 1. The summed E-state index contributed by atoms with van der Waals surface area (Å²) in [5.41, 5.74) is 4.06. The summed E-state index contributed by atoms with van der Waals surface area (Å²) >= 11 is 0. The molecule has 0 bridgehead atoms. The molecule has 1 nitrogen and oxygen atoms in total. The van der Waals surface area contributed by atoms with Crippen molar-refractivity contribution in [3.05, 3.63) is 71.9 Å². The molecule has 1 atom stereocenters. The SMILES string of the molecule is CC(C)c1ccc2c(ccn2C(C)c2ccccc2)c1. The van der Waals surface area contributed by atoms with E-state index < -0.39 is 0 Å². The van der Waals surface area contributed by atoms with Gasteiger partial charge in [0.15, 0.2) is 0 Å². The third-order valence-corrected chi connectivity index (χ3v) is 4.11. The van der Waals surface area contributed by atoms with Crippen LogP contribution in [0.25, 0.3) is 10.9 Å². The first-order valence-corrected chi connectivity index (χ1v) is 7.32. The van der Waals surface area contributed by atoms with Crippen molar-refractivity contribution in [2.75, 3.05) is 0 Å². The normalized spacial score (nSPS) is 13.0. The average molecular weight is 263 g/mol. The summed E-state index contributed by atoms with van der Waals surface area (Å²) in [6.07, 6.45) is 2.20. The van der Waals surface area contributed by atoms with Gasteiger partial charge in [0.25, 0.3) is 0 Å². The molecule has 2 aromatic carbocycles. The third kappa shape index (κ3) is 2.24. The molecule has 20 heavy (non-hydrogen) atoms. The standard InChI is InChI=1S/C19H21N/c1-14(2)17-9-10-19-18(13-17)11-12-20(19)15(3)16-7-5-4-6-8-16/h4-15H,1-3H3. The van der Waals surface area contributed by atoms with Gasteiger partial charge in [0.1, 0.15) is 0 Å². The minimum Gasteiger partial charge on any atom is -0.340 e. The second-order valence-electron chi connectivity index (χ2n) is 5.78. The van der Waals surface area contributed by atoms with Gasteiger partial charge < -0.3 is 4.57 Å². The predicted octanol–water partition coefficient (Wildman–Crippen LogP) is 5.37. The first-order chi connectivity index (χ1) is 9.66. The van der Waals surface area contributed by atoms with Gasteiger partial charge in [-0.1, -0.05) is 50.2 Å². The van der Waals surface area contributed by atoms with Crippen molar-refractivity contribution in [1.82, 2.24) is 4.57 Å². The lowest BCUT2D eigenvalue weighted by molar-refractivity contribution is 0.664. The maximum atomic E-state index is 2.36. The smallest absolute Gasteiger partial charge is 0.0557 e. The molecular weight excluding hydrogens is 242 g/mol. The van der Waals surface area contributed by atoms with Crippen molar-refractivity contribution in [2.24, 2.45) is 0 Å². The van der Waals surface area contributed by atoms with E-state index in [2.05, 4.69) is 86.1 Å². The van der Waals surface area contributed by atoms with Crippen molar-refractivity contribution in [2.45, 2.75) is 32.7 Å². The minimum absolute atomic E-state index is 0.360. The zero-order valence-electron chi connectivity index (χ0n) is 12.4. The van der Waals surface area contributed by atoms with Gasteiger partial charge in [-0.15, -0.1) is 0 Å². The number of nitrogens with zero attached hydrogens (tertiary/aromatic N) is 1. The summed E-state index contributed by atoms with van der Waals surface area (Å²) in [5.74, 6) is 0.578. The predicted molar refractivity (Wildman–Crippen MR) is 86.3 cm³/mol. The van der Waals surface area contributed by atoms with E-state index in [-0.39, 0.29) is 0 Å². The second kappa shape index (κ2) is 5.16. The van der Waals surface area contributed by atoms with E-state index in [4.69, 9.17) is 0 Å². The number of rotatable bonds is 3. The Morgan fingerprint density at radius 1 is 0.800 bits per heavy atom. The highest BCUT2D eigenvalue weighted by Crippen LogP contribution is 2.27. The lowest BCUT2D eigenvalue weighted by Crippen LogP contribution is -2.04. The number of hydrogen-bond donors (Lipinski definition) is 0. The molecule has 0 aliphatic heterocycles. The van der Waals surface area contributed by atoms with E-state index in [1.807, 2.05) is 0 Å². The van der Waals surface area contributed by atoms with Gasteiger partial charge in [0.05, 0.1) is 6.04 Å². The van der Waals surface area contributed by atoms with E-state index in [1.54, 1.807) is 0 Å². The summed E-state index contributed by atoms with van der Waals surface area (Å²) in [6.45, 7) is 6.74. The molecule has 1 heteroatoms. The Morgan fingerprint density at radius 3 is 2.25 bits per heavy atom. The summed E-state index contributed by atoms with van der Waals surface area (Å²) in [7, 11) is 0. The molecule has 1 aromatic heterocycles. The van der Waals surface area contributed by atoms with Crippen LogP contribution in [0.2, 0.25) is 0 Å². The summed E-state index contributed by atoms with van der Waals surface area (Å²) < 4.78 is 2.36. The Morgan fingerprint density at radius 2 is 1.55 bits per heavy atom. The van der Waals surface area contributed by atoms with Gasteiger partial charge in [-0.3, -0.25) is 0 Å². The molecule has 1 unspecified atom stereocenters. The van der Waals surface area contributed by atoms with Gasteiger partial charge in [-0.25, -0.2) is 0 Å². The molecule has 0 spiro atoms. The van der Waals surface area contributed by atoms with Crippen molar-refractivity contribution in [3.8, 4) is 0 Å². The molecule has 102 valence electrons. The van der Waals surface area contributed by atoms with E-state index in [1.165, 1.54) is 22.0 Å². The molecule has 0 fully saturated rings. The highest BCUT2D eigenvalue weighted by Gasteiger charge is 2.11. The quantitative estimate of drug-likeness (QED) is 0.598. The molecule has 0 N–H and O–H groups in total. The van der Waals surface area contributed by atoms with Crippen LogP contribution in [-0.4, -0.2) is 4.57 Å². The molecule has 1 heterocycles. The topological polar surface area (TPSA) is 4.93 Å². The number of hydrogen-bond acceptors (Lipinski definition) is 0.